The number of thiophene rings is 1. The molecule has 0 radical (unpaired) electrons. The molecule has 1 N–H and O–H groups in total. The fraction of sp³-hybridized carbons (Fsp3) is 0.409. The topological polar surface area (TPSA) is 77.1 Å². The maximum absolute atomic E-state index is 12.5. The van der Waals surface area contributed by atoms with Gasteiger partial charge >= 0.3 is 5.76 Å². The van der Waals surface area contributed by atoms with Crippen molar-refractivity contribution in [2.45, 2.75) is 52.6 Å². The van der Waals surface area contributed by atoms with Crippen LogP contribution in [-0.2, 0) is 11.3 Å². The number of carbonyl (C=O) groups excluding carboxylic acids is 1. The highest BCUT2D eigenvalue weighted by Gasteiger charge is 2.19. The molecule has 29 heavy (non-hydrogen) atoms. The second kappa shape index (κ2) is 9.22. The molecule has 3 aromatic rings. The highest BCUT2D eigenvalue weighted by Crippen LogP contribution is 2.24. The Balaban J connectivity index is 1.63. The Morgan fingerprint density at radius 3 is 2.41 bits per heavy atom. The molecule has 0 aliphatic carbocycles. The molecule has 6 nitrogen and oxygen atoms in total. The summed E-state index contributed by atoms with van der Waals surface area (Å²) in [6, 6.07) is 12.0. The zero-order valence-electron chi connectivity index (χ0n) is 17.2. The van der Waals surface area contributed by atoms with Gasteiger partial charge in [0.25, 0.3) is 5.89 Å². The lowest BCUT2D eigenvalue weighted by Gasteiger charge is -2.23. The normalized spacial score (nSPS) is 12.5. The third-order valence-electron chi connectivity index (χ3n) is 4.83. The van der Waals surface area contributed by atoms with Gasteiger partial charge in [0, 0.05) is 6.42 Å². The van der Waals surface area contributed by atoms with Gasteiger partial charge in [-0.25, -0.2) is 4.79 Å². The number of aryl methyl sites for hydroxylation is 1. The average molecular weight is 414 g/mol. The first-order valence-electron chi connectivity index (χ1n) is 9.86. The number of carbonyl (C=O) groups is 1. The Labute approximate surface area is 174 Å². The van der Waals surface area contributed by atoms with Crippen LogP contribution in [0, 0.1) is 5.92 Å². The minimum Gasteiger partial charge on any atom is -0.387 e. The third-order valence-corrected chi connectivity index (χ3v) is 5.69. The zero-order valence-corrected chi connectivity index (χ0v) is 18.0. The van der Waals surface area contributed by atoms with E-state index in [9.17, 15) is 9.59 Å². The van der Waals surface area contributed by atoms with Crippen LogP contribution in [0.15, 0.2) is 51.0 Å². The minimum absolute atomic E-state index is 0.0839. The molecular weight excluding hydrogens is 386 g/mol. The van der Waals surface area contributed by atoms with Crippen molar-refractivity contribution >= 4 is 17.2 Å². The van der Waals surface area contributed by atoms with Crippen molar-refractivity contribution in [3.05, 3.63) is 63.5 Å². The Morgan fingerprint density at radius 1 is 1.14 bits per heavy atom. The van der Waals surface area contributed by atoms with Crippen molar-refractivity contribution in [2.75, 3.05) is 0 Å². The summed E-state index contributed by atoms with van der Waals surface area (Å²) in [5.41, 5.74) is 2.35. The highest BCUT2D eigenvalue weighted by molar-refractivity contribution is 7.13. The Kier molecular flexibility index (Phi) is 6.69. The van der Waals surface area contributed by atoms with Crippen molar-refractivity contribution in [3.63, 3.8) is 0 Å². The molecule has 0 saturated carbocycles. The SMILES string of the molecule is CC(C)c1ccc(C(NC(=O)CCn2nc(-c3cccs3)oc2=O)C(C)C)cc1. The molecule has 0 spiro atoms. The lowest BCUT2D eigenvalue weighted by molar-refractivity contribution is -0.122. The Bertz CT molecular complexity index is 985. The van der Waals surface area contributed by atoms with Gasteiger partial charge < -0.3 is 9.73 Å². The summed E-state index contributed by atoms with van der Waals surface area (Å²) in [5, 5.41) is 9.18. The molecule has 1 atom stereocenters. The molecule has 1 aromatic carbocycles. The molecule has 2 aromatic heterocycles. The van der Waals surface area contributed by atoms with Gasteiger partial charge in [-0.3, -0.25) is 4.79 Å². The summed E-state index contributed by atoms with van der Waals surface area (Å²) >= 11 is 1.45. The zero-order chi connectivity index (χ0) is 21.0. The molecule has 7 heteroatoms. The molecule has 0 bridgehead atoms. The number of hydrogen-bond donors (Lipinski definition) is 1. The van der Waals surface area contributed by atoms with Crippen LogP contribution in [0.1, 0.15) is 57.2 Å². The first kappa shape index (κ1) is 21.0. The van der Waals surface area contributed by atoms with Crippen molar-refractivity contribution < 1.29 is 9.21 Å². The van der Waals surface area contributed by atoms with Crippen LogP contribution < -0.4 is 11.1 Å². The number of nitrogens with zero attached hydrogens (tertiary/aromatic N) is 2. The third kappa shape index (κ3) is 5.23. The summed E-state index contributed by atoms with van der Waals surface area (Å²) in [7, 11) is 0. The van der Waals surface area contributed by atoms with E-state index in [4.69, 9.17) is 4.42 Å². The number of nitrogens with one attached hydrogen (secondary N) is 1. The number of amides is 1. The van der Waals surface area contributed by atoms with Gasteiger partial charge in [0.05, 0.1) is 17.5 Å². The van der Waals surface area contributed by atoms with Gasteiger partial charge in [-0.05, 0) is 34.4 Å². The van der Waals surface area contributed by atoms with Crippen molar-refractivity contribution in [1.82, 2.24) is 15.1 Å². The molecule has 154 valence electrons. The lowest BCUT2D eigenvalue weighted by atomic mass is 9.93. The van der Waals surface area contributed by atoms with E-state index in [0.29, 0.717) is 5.92 Å². The van der Waals surface area contributed by atoms with Crippen LogP contribution in [-0.4, -0.2) is 15.7 Å². The molecule has 0 saturated heterocycles. The fourth-order valence-corrected chi connectivity index (χ4v) is 3.77. The quantitative estimate of drug-likeness (QED) is 0.586. The van der Waals surface area contributed by atoms with E-state index >= 15 is 0 Å². The smallest absolute Gasteiger partial charge is 0.387 e. The van der Waals surface area contributed by atoms with Crippen LogP contribution in [0.3, 0.4) is 0 Å². The van der Waals surface area contributed by atoms with E-state index in [1.165, 1.54) is 21.6 Å². The molecule has 2 heterocycles. The predicted molar refractivity (Wildman–Crippen MR) is 115 cm³/mol. The monoisotopic (exact) mass is 413 g/mol. The highest BCUT2D eigenvalue weighted by atomic mass is 32.1. The molecule has 1 amide bonds. The predicted octanol–water partition coefficient (Wildman–Crippen LogP) is 4.59. The summed E-state index contributed by atoms with van der Waals surface area (Å²) in [6.45, 7) is 8.66. The lowest BCUT2D eigenvalue weighted by Crippen LogP contribution is -2.33. The molecule has 1 unspecified atom stereocenters. The minimum atomic E-state index is -0.550. The van der Waals surface area contributed by atoms with Crippen molar-refractivity contribution in [1.29, 1.82) is 0 Å². The van der Waals surface area contributed by atoms with Gasteiger partial charge in [0.1, 0.15) is 0 Å². The summed E-state index contributed by atoms with van der Waals surface area (Å²) < 4.78 is 6.39. The summed E-state index contributed by atoms with van der Waals surface area (Å²) in [6.07, 6.45) is 0.156. The van der Waals surface area contributed by atoms with Gasteiger partial charge in [-0.2, -0.15) is 4.68 Å². The number of rotatable bonds is 8. The standard InChI is InChI=1S/C22H27N3O3S/c1-14(2)16-7-9-17(10-8-16)20(15(3)4)23-19(26)11-12-25-22(27)28-21(24-25)18-6-5-13-29-18/h5-10,13-15,20H,11-12H2,1-4H3,(H,23,26). The molecule has 0 aliphatic heterocycles. The van der Waals surface area contributed by atoms with Crippen LogP contribution in [0.25, 0.3) is 10.8 Å². The number of aromatic nitrogens is 2. The maximum Gasteiger partial charge on any atom is 0.437 e. The number of hydrogen-bond acceptors (Lipinski definition) is 5. The molecular formula is C22H27N3O3S. The summed E-state index contributed by atoms with van der Waals surface area (Å²) in [4.78, 5) is 25.3. The van der Waals surface area contributed by atoms with Gasteiger partial charge in [-0.15, -0.1) is 16.4 Å². The van der Waals surface area contributed by atoms with E-state index in [2.05, 4.69) is 62.4 Å². The van der Waals surface area contributed by atoms with Gasteiger partial charge in [0.15, 0.2) is 0 Å². The van der Waals surface area contributed by atoms with Crippen LogP contribution in [0.5, 0.6) is 0 Å². The fourth-order valence-electron chi connectivity index (χ4n) is 3.12. The van der Waals surface area contributed by atoms with E-state index in [0.717, 1.165) is 10.4 Å². The first-order valence-corrected chi connectivity index (χ1v) is 10.7. The van der Waals surface area contributed by atoms with E-state index < -0.39 is 5.76 Å². The Hall–Kier alpha value is -2.67. The van der Waals surface area contributed by atoms with Crippen LogP contribution in [0.4, 0.5) is 0 Å². The molecule has 0 fully saturated rings. The second-order valence-corrected chi connectivity index (χ2v) is 8.68. The van der Waals surface area contributed by atoms with Gasteiger partial charge in [0.2, 0.25) is 5.91 Å². The number of benzene rings is 1. The van der Waals surface area contributed by atoms with Crippen LogP contribution in [0.2, 0.25) is 0 Å². The second-order valence-electron chi connectivity index (χ2n) is 7.73. The average Bonchev–Trinajstić information content (AvgIpc) is 3.34. The molecule has 3 rings (SSSR count). The maximum atomic E-state index is 12.5. The van der Waals surface area contributed by atoms with E-state index in [1.807, 2.05) is 17.5 Å². The van der Waals surface area contributed by atoms with Gasteiger partial charge in [-0.1, -0.05) is 58.0 Å². The Morgan fingerprint density at radius 2 is 1.83 bits per heavy atom. The van der Waals surface area contributed by atoms with E-state index in [-0.39, 0.29) is 36.7 Å². The molecule has 0 aliphatic rings. The summed E-state index contributed by atoms with van der Waals surface area (Å²) in [5.74, 6) is 0.325. The first-order chi connectivity index (χ1) is 13.8. The van der Waals surface area contributed by atoms with Crippen LogP contribution >= 0.6 is 11.3 Å². The van der Waals surface area contributed by atoms with Crippen molar-refractivity contribution in [2.24, 2.45) is 5.92 Å². The van der Waals surface area contributed by atoms with E-state index in [1.54, 1.807) is 0 Å². The largest absolute Gasteiger partial charge is 0.437 e. The van der Waals surface area contributed by atoms with Crippen molar-refractivity contribution in [3.8, 4) is 10.8 Å².